The summed E-state index contributed by atoms with van der Waals surface area (Å²) in [6, 6.07) is 20.5. The highest BCUT2D eigenvalue weighted by atomic mass is 16.5. The summed E-state index contributed by atoms with van der Waals surface area (Å²) in [5.74, 6) is -0.688. The van der Waals surface area contributed by atoms with Crippen molar-refractivity contribution in [1.82, 2.24) is 9.78 Å². The number of anilines is 1. The molecule has 140 valence electrons. The molecule has 2 aromatic carbocycles. The summed E-state index contributed by atoms with van der Waals surface area (Å²) in [5.41, 5.74) is 2.41. The van der Waals surface area contributed by atoms with Gasteiger partial charge in [-0.05, 0) is 30.3 Å². The Morgan fingerprint density at radius 3 is 2.32 bits per heavy atom. The molecule has 1 aromatic heterocycles. The molecule has 0 aliphatic carbocycles. The summed E-state index contributed by atoms with van der Waals surface area (Å²) < 4.78 is 7.07. The van der Waals surface area contributed by atoms with Crippen LogP contribution < -0.4 is 5.01 Å². The molecule has 4 rings (SSSR count). The van der Waals surface area contributed by atoms with E-state index in [1.54, 1.807) is 22.9 Å². The first-order valence-corrected chi connectivity index (χ1v) is 8.93. The molecule has 1 aliphatic rings. The van der Waals surface area contributed by atoms with Gasteiger partial charge in [0.25, 0.3) is 0 Å². The number of hydrogen-bond acceptors (Lipinski definition) is 5. The van der Waals surface area contributed by atoms with Crippen LogP contribution in [0.1, 0.15) is 18.5 Å². The van der Waals surface area contributed by atoms with Crippen molar-refractivity contribution < 1.29 is 14.3 Å². The molecule has 0 saturated carbocycles. The van der Waals surface area contributed by atoms with Crippen molar-refractivity contribution in [2.75, 3.05) is 5.01 Å². The number of carbonyl (C=O) groups is 2. The number of benzene rings is 2. The summed E-state index contributed by atoms with van der Waals surface area (Å²) in [6.07, 6.45) is 2.29. The first-order chi connectivity index (χ1) is 13.7. The second kappa shape index (κ2) is 7.87. The van der Waals surface area contributed by atoms with Crippen LogP contribution in [0.4, 0.5) is 5.69 Å². The van der Waals surface area contributed by atoms with Gasteiger partial charge in [0.15, 0.2) is 0 Å². The van der Waals surface area contributed by atoms with Crippen LogP contribution in [-0.4, -0.2) is 27.4 Å². The molecule has 1 aliphatic heterocycles. The maximum Gasteiger partial charge on any atom is 0.354 e. The van der Waals surface area contributed by atoms with Gasteiger partial charge in [0.1, 0.15) is 18.0 Å². The average Bonchev–Trinajstić information content (AvgIpc) is 3.23. The lowest BCUT2D eigenvalue weighted by Gasteiger charge is -2.22. The SMILES string of the molecule is O=C(OCc1ccn(-c2ccccc2)n1)C1=NN(c2ccccc2)C(=O)CC1. The number of carbonyl (C=O) groups excluding carboxylic acids is 2. The van der Waals surface area contributed by atoms with E-state index < -0.39 is 5.97 Å². The fraction of sp³-hybridized carbons (Fsp3) is 0.143. The minimum Gasteiger partial charge on any atom is -0.455 e. The monoisotopic (exact) mass is 374 g/mol. The van der Waals surface area contributed by atoms with Gasteiger partial charge in [0, 0.05) is 19.0 Å². The van der Waals surface area contributed by atoms with E-state index >= 15 is 0 Å². The first kappa shape index (κ1) is 17.7. The van der Waals surface area contributed by atoms with Gasteiger partial charge in [-0.1, -0.05) is 36.4 Å². The molecular formula is C21H18N4O3. The van der Waals surface area contributed by atoms with E-state index in [1.807, 2.05) is 54.7 Å². The van der Waals surface area contributed by atoms with Gasteiger partial charge < -0.3 is 4.74 Å². The number of para-hydroxylation sites is 2. The van der Waals surface area contributed by atoms with Crippen molar-refractivity contribution >= 4 is 23.3 Å². The van der Waals surface area contributed by atoms with E-state index in [9.17, 15) is 9.59 Å². The second-order valence-corrected chi connectivity index (χ2v) is 6.25. The molecule has 0 N–H and O–H groups in total. The zero-order valence-corrected chi connectivity index (χ0v) is 15.1. The van der Waals surface area contributed by atoms with Gasteiger partial charge in [-0.15, -0.1) is 0 Å². The fourth-order valence-electron chi connectivity index (χ4n) is 2.86. The Labute approximate surface area is 161 Å². The van der Waals surface area contributed by atoms with Crippen LogP contribution in [0, 0.1) is 0 Å². The van der Waals surface area contributed by atoms with Crippen molar-refractivity contribution in [2.24, 2.45) is 5.10 Å². The smallest absolute Gasteiger partial charge is 0.354 e. The lowest BCUT2D eigenvalue weighted by molar-refractivity contribution is -0.137. The molecule has 7 nitrogen and oxygen atoms in total. The Morgan fingerprint density at radius 2 is 1.61 bits per heavy atom. The summed E-state index contributed by atoms with van der Waals surface area (Å²) in [4.78, 5) is 24.5. The minimum atomic E-state index is -0.539. The lowest BCUT2D eigenvalue weighted by atomic mass is 10.1. The zero-order chi connectivity index (χ0) is 19.3. The van der Waals surface area contributed by atoms with Gasteiger partial charge >= 0.3 is 5.97 Å². The van der Waals surface area contributed by atoms with E-state index in [-0.39, 0.29) is 31.1 Å². The number of nitrogens with zero attached hydrogens (tertiary/aromatic N) is 4. The largest absolute Gasteiger partial charge is 0.455 e. The molecule has 0 atom stereocenters. The van der Waals surface area contributed by atoms with Crippen LogP contribution in [0.15, 0.2) is 78.0 Å². The standard InChI is InChI=1S/C21H18N4O3/c26-20-12-11-19(23-25(20)18-9-5-2-6-10-18)21(27)28-15-16-13-14-24(22-16)17-7-3-1-4-8-17/h1-10,13-14H,11-12,15H2. The molecule has 0 spiro atoms. The van der Waals surface area contributed by atoms with E-state index in [0.29, 0.717) is 11.4 Å². The maximum absolute atomic E-state index is 12.4. The van der Waals surface area contributed by atoms with Gasteiger partial charge in [-0.25, -0.2) is 14.5 Å². The van der Waals surface area contributed by atoms with Crippen LogP contribution in [-0.2, 0) is 20.9 Å². The fourth-order valence-corrected chi connectivity index (χ4v) is 2.86. The molecule has 0 radical (unpaired) electrons. The highest BCUT2D eigenvalue weighted by Gasteiger charge is 2.26. The van der Waals surface area contributed by atoms with Crippen molar-refractivity contribution in [3.8, 4) is 5.69 Å². The molecule has 0 saturated heterocycles. The number of rotatable bonds is 5. The summed E-state index contributed by atoms with van der Waals surface area (Å²) in [7, 11) is 0. The van der Waals surface area contributed by atoms with Crippen LogP contribution in [0.2, 0.25) is 0 Å². The Kier molecular flexibility index (Phi) is 4.97. The van der Waals surface area contributed by atoms with Gasteiger partial charge in [-0.3, -0.25) is 4.79 Å². The van der Waals surface area contributed by atoms with Crippen LogP contribution in [0.5, 0.6) is 0 Å². The summed E-state index contributed by atoms with van der Waals surface area (Å²) in [5, 5.41) is 9.86. The number of hydrazone groups is 1. The summed E-state index contributed by atoms with van der Waals surface area (Å²) >= 11 is 0. The number of amides is 1. The molecular weight excluding hydrogens is 356 g/mol. The Hall–Kier alpha value is -3.74. The average molecular weight is 374 g/mol. The molecule has 3 aromatic rings. The number of aromatic nitrogens is 2. The van der Waals surface area contributed by atoms with Crippen molar-refractivity contribution in [1.29, 1.82) is 0 Å². The number of hydrogen-bond donors (Lipinski definition) is 0. The Bertz CT molecular complexity index is 1010. The summed E-state index contributed by atoms with van der Waals surface area (Å²) in [6.45, 7) is 0.0387. The number of esters is 1. The molecule has 1 amide bonds. The lowest BCUT2D eigenvalue weighted by Crippen LogP contribution is -2.34. The Morgan fingerprint density at radius 1 is 0.929 bits per heavy atom. The van der Waals surface area contributed by atoms with Crippen LogP contribution in [0.25, 0.3) is 5.69 Å². The molecule has 7 heteroatoms. The zero-order valence-electron chi connectivity index (χ0n) is 15.1. The van der Waals surface area contributed by atoms with Crippen LogP contribution >= 0.6 is 0 Å². The van der Waals surface area contributed by atoms with E-state index in [0.717, 1.165) is 5.69 Å². The highest BCUT2D eigenvalue weighted by Crippen LogP contribution is 2.20. The predicted molar refractivity (Wildman–Crippen MR) is 104 cm³/mol. The topological polar surface area (TPSA) is 76.8 Å². The third-order valence-electron chi connectivity index (χ3n) is 4.29. The molecule has 2 heterocycles. The van der Waals surface area contributed by atoms with Gasteiger partial charge in [-0.2, -0.15) is 10.2 Å². The van der Waals surface area contributed by atoms with E-state index in [1.165, 1.54) is 5.01 Å². The quantitative estimate of drug-likeness (QED) is 0.643. The minimum absolute atomic E-state index is 0.0387. The maximum atomic E-state index is 12.4. The second-order valence-electron chi connectivity index (χ2n) is 6.25. The number of ether oxygens (including phenoxy) is 1. The predicted octanol–water partition coefficient (Wildman–Crippen LogP) is 3.10. The van der Waals surface area contributed by atoms with E-state index in [4.69, 9.17) is 4.74 Å². The normalized spacial score (nSPS) is 13.9. The molecule has 28 heavy (non-hydrogen) atoms. The molecule has 0 bridgehead atoms. The van der Waals surface area contributed by atoms with Crippen LogP contribution in [0.3, 0.4) is 0 Å². The van der Waals surface area contributed by atoms with Crippen molar-refractivity contribution in [2.45, 2.75) is 19.4 Å². The third-order valence-corrected chi connectivity index (χ3v) is 4.29. The Balaban J connectivity index is 1.42. The van der Waals surface area contributed by atoms with Crippen molar-refractivity contribution in [3.05, 3.63) is 78.6 Å². The first-order valence-electron chi connectivity index (χ1n) is 8.93. The molecule has 0 unspecified atom stereocenters. The highest BCUT2D eigenvalue weighted by molar-refractivity contribution is 6.37. The van der Waals surface area contributed by atoms with Gasteiger partial charge in [0.2, 0.25) is 5.91 Å². The third kappa shape index (κ3) is 3.83. The van der Waals surface area contributed by atoms with Gasteiger partial charge in [0.05, 0.1) is 11.4 Å². The molecule has 0 fully saturated rings. The van der Waals surface area contributed by atoms with Crippen molar-refractivity contribution in [3.63, 3.8) is 0 Å². The van der Waals surface area contributed by atoms with E-state index in [2.05, 4.69) is 10.2 Å².